The van der Waals surface area contributed by atoms with E-state index in [1.807, 2.05) is 25.1 Å². The van der Waals surface area contributed by atoms with Gasteiger partial charge in [-0.2, -0.15) is 4.98 Å². The molecule has 1 N–H and O–H groups in total. The van der Waals surface area contributed by atoms with Crippen LogP contribution in [-0.4, -0.2) is 46.9 Å². The maximum absolute atomic E-state index is 12.5. The number of rotatable bonds is 6. The number of fused-ring (bicyclic) bond motifs is 1. The molecule has 3 heterocycles. The zero-order chi connectivity index (χ0) is 22.5. The Morgan fingerprint density at radius 3 is 2.59 bits per heavy atom. The maximum Gasteiger partial charge on any atom is 0.337 e. The van der Waals surface area contributed by atoms with Crippen molar-refractivity contribution in [1.29, 1.82) is 0 Å². The lowest BCUT2D eigenvalue weighted by Crippen LogP contribution is -2.49. The van der Waals surface area contributed by atoms with E-state index in [0.717, 1.165) is 44.9 Å². The Balaban J connectivity index is 1.52. The molecule has 1 aromatic carbocycles. The molecule has 1 saturated heterocycles. The number of oxime groups is 1. The predicted molar refractivity (Wildman–Crippen MR) is 123 cm³/mol. The number of para-hydroxylation sites is 1. The molecule has 9 nitrogen and oxygen atoms in total. The van der Waals surface area contributed by atoms with Crippen LogP contribution in [-0.2, 0) is 6.42 Å². The first-order valence-electron chi connectivity index (χ1n) is 10.9. The quantitative estimate of drug-likeness (QED) is 0.359. The molecule has 0 amide bonds. The minimum Gasteiger partial charge on any atom is -0.403 e. The van der Waals surface area contributed by atoms with Gasteiger partial charge in [-0.1, -0.05) is 37.2 Å². The zero-order valence-electron chi connectivity index (χ0n) is 18.3. The number of amidine groups is 1. The van der Waals surface area contributed by atoms with E-state index in [1.165, 1.54) is 11.8 Å². The second-order valence-electron chi connectivity index (χ2n) is 7.65. The van der Waals surface area contributed by atoms with Crippen LogP contribution in [0.2, 0.25) is 0 Å². The number of nitrogens with one attached hydrogen (secondary N) is 1. The van der Waals surface area contributed by atoms with E-state index >= 15 is 0 Å². The van der Waals surface area contributed by atoms with E-state index in [9.17, 15) is 9.59 Å². The topological polar surface area (TPSA) is 104 Å². The van der Waals surface area contributed by atoms with Gasteiger partial charge < -0.3 is 19.1 Å². The van der Waals surface area contributed by atoms with Crippen molar-refractivity contribution in [3.63, 3.8) is 0 Å². The minimum atomic E-state index is -0.551. The highest BCUT2D eigenvalue weighted by molar-refractivity contribution is 5.82. The number of H-pyrrole nitrogens is 1. The molecular formula is C23H27N5O4. The van der Waals surface area contributed by atoms with Crippen LogP contribution in [0.4, 0.5) is 5.69 Å². The fraction of sp³-hybridized carbons (Fsp3) is 0.391. The van der Waals surface area contributed by atoms with Gasteiger partial charge in [-0.25, -0.2) is 4.79 Å². The highest BCUT2D eigenvalue weighted by Crippen LogP contribution is 2.17. The summed E-state index contributed by atoms with van der Waals surface area (Å²) in [6.07, 6.45) is 2.15. The summed E-state index contributed by atoms with van der Waals surface area (Å²) in [4.78, 5) is 41.1. The molecule has 1 fully saturated rings. The number of piperazine rings is 1. The molecule has 0 radical (unpaired) electrons. The van der Waals surface area contributed by atoms with Crippen LogP contribution in [0, 0.1) is 0 Å². The Bertz CT molecular complexity index is 1210. The summed E-state index contributed by atoms with van der Waals surface area (Å²) in [5, 5.41) is 4.55. The third-order valence-electron chi connectivity index (χ3n) is 5.53. The summed E-state index contributed by atoms with van der Waals surface area (Å²) < 4.78 is 5.12. The fourth-order valence-electron chi connectivity index (χ4n) is 3.89. The van der Waals surface area contributed by atoms with E-state index < -0.39 is 11.2 Å². The Morgan fingerprint density at radius 1 is 1.16 bits per heavy atom. The van der Waals surface area contributed by atoms with E-state index in [-0.39, 0.29) is 17.1 Å². The lowest BCUT2D eigenvalue weighted by atomic mass is 10.1. The molecule has 3 aromatic rings. The van der Waals surface area contributed by atoms with Gasteiger partial charge >= 0.3 is 11.6 Å². The molecule has 0 aliphatic carbocycles. The molecule has 0 atom stereocenters. The van der Waals surface area contributed by atoms with Gasteiger partial charge in [-0.05, 0) is 30.5 Å². The van der Waals surface area contributed by atoms with Gasteiger partial charge in [0, 0.05) is 44.4 Å². The number of nitrogens with zero attached hydrogens (tertiary/aromatic N) is 4. The van der Waals surface area contributed by atoms with E-state index in [2.05, 4.69) is 44.0 Å². The third-order valence-corrected chi connectivity index (χ3v) is 5.53. The predicted octanol–water partition coefficient (Wildman–Crippen LogP) is 2.75. The zero-order valence-corrected chi connectivity index (χ0v) is 18.3. The van der Waals surface area contributed by atoms with Gasteiger partial charge in [0.25, 0.3) is 5.56 Å². The summed E-state index contributed by atoms with van der Waals surface area (Å²) in [6.45, 7) is 7.32. The lowest BCUT2D eigenvalue weighted by Gasteiger charge is -2.37. The van der Waals surface area contributed by atoms with E-state index in [1.54, 1.807) is 0 Å². The van der Waals surface area contributed by atoms with Gasteiger partial charge in [0.15, 0.2) is 0 Å². The molecule has 9 heteroatoms. The van der Waals surface area contributed by atoms with Crippen molar-refractivity contribution < 1.29 is 9.25 Å². The molecule has 168 valence electrons. The first-order chi connectivity index (χ1) is 15.6. The van der Waals surface area contributed by atoms with Gasteiger partial charge in [-0.3, -0.25) is 9.78 Å². The molecule has 2 aromatic heterocycles. The van der Waals surface area contributed by atoms with Crippen LogP contribution in [0.15, 0.2) is 55.6 Å². The van der Waals surface area contributed by atoms with Gasteiger partial charge in [0.1, 0.15) is 11.2 Å². The standard InChI is InChI=1S/C23H27N5O4/c1-3-8-18(28-13-11-27(12-14-28)17-9-6-5-7-10-17)26-32-23-24-21(30)20-16(4-2)15-19(29)31-22(20)25-23/h5-7,9-10,15H,3-4,8,11-14H2,1-2H3,(H,24,25,30)/b26-18+. The van der Waals surface area contributed by atoms with Crippen molar-refractivity contribution in [2.75, 3.05) is 31.1 Å². The van der Waals surface area contributed by atoms with Gasteiger partial charge in [-0.15, -0.1) is 0 Å². The highest BCUT2D eigenvalue weighted by atomic mass is 16.6. The second-order valence-corrected chi connectivity index (χ2v) is 7.65. The van der Waals surface area contributed by atoms with Gasteiger partial charge in [0.05, 0.1) is 0 Å². The molecule has 0 bridgehead atoms. The van der Waals surface area contributed by atoms with E-state index in [0.29, 0.717) is 12.0 Å². The van der Waals surface area contributed by atoms with Crippen molar-refractivity contribution in [3.05, 3.63) is 62.7 Å². The van der Waals surface area contributed by atoms with Crippen molar-refractivity contribution in [3.8, 4) is 6.01 Å². The van der Waals surface area contributed by atoms with Crippen molar-refractivity contribution >= 4 is 22.6 Å². The largest absolute Gasteiger partial charge is 0.403 e. The maximum atomic E-state index is 12.5. The normalized spacial score (nSPS) is 14.8. The number of benzene rings is 1. The lowest BCUT2D eigenvalue weighted by molar-refractivity contribution is 0.288. The smallest absolute Gasteiger partial charge is 0.337 e. The van der Waals surface area contributed by atoms with Crippen LogP contribution in [0.1, 0.15) is 32.3 Å². The van der Waals surface area contributed by atoms with Gasteiger partial charge in [0.2, 0.25) is 5.71 Å². The van der Waals surface area contributed by atoms with Crippen molar-refractivity contribution in [2.24, 2.45) is 5.16 Å². The highest BCUT2D eigenvalue weighted by Gasteiger charge is 2.20. The van der Waals surface area contributed by atoms with Crippen LogP contribution in [0.3, 0.4) is 0 Å². The van der Waals surface area contributed by atoms with Crippen molar-refractivity contribution in [2.45, 2.75) is 33.1 Å². The third kappa shape index (κ3) is 4.66. The number of hydrogen-bond donors (Lipinski definition) is 1. The first-order valence-corrected chi connectivity index (χ1v) is 10.9. The number of hydrogen-bond acceptors (Lipinski definition) is 7. The minimum absolute atomic E-state index is 0.0446. The molecule has 1 aliphatic heterocycles. The molecule has 1 aliphatic rings. The summed E-state index contributed by atoms with van der Waals surface area (Å²) in [5.41, 5.74) is 0.780. The molecule has 4 rings (SSSR count). The Morgan fingerprint density at radius 2 is 1.91 bits per heavy atom. The number of aromatic amines is 1. The van der Waals surface area contributed by atoms with Crippen LogP contribution < -0.4 is 20.9 Å². The van der Waals surface area contributed by atoms with E-state index in [4.69, 9.17) is 9.25 Å². The monoisotopic (exact) mass is 437 g/mol. The molecular weight excluding hydrogens is 410 g/mol. The molecule has 32 heavy (non-hydrogen) atoms. The Labute approximate surface area is 185 Å². The van der Waals surface area contributed by atoms with Crippen LogP contribution in [0.25, 0.3) is 11.1 Å². The SMILES string of the molecule is CCC/C(=N\Oc1nc2oc(=O)cc(CC)c2c(=O)[nH]1)N1CCN(c2ccccc2)CC1. The molecule has 0 saturated carbocycles. The summed E-state index contributed by atoms with van der Waals surface area (Å²) >= 11 is 0. The number of anilines is 1. The van der Waals surface area contributed by atoms with Crippen LogP contribution >= 0.6 is 0 Å². The first kappa shape index (κ1) is 21.6. The fourth-order valence-corrected chi connectivity index (χ4v) is 3.89. The number of aromatic nitrogens is 2. The van der Waals surface area contributed by atoms with Crippen LogP contribution in [0.5, 0.6) is 6.01 Å². The average molecular weight is 438 g/mol. The Kier molecular flexibility index (Phi) is 6.53. The summed E-state index contributed by atoms with van der Waals surface area (Å²) in [6, 6.07) is 11.5. The van der Waals surface area contributed by atoms with Crippen molar-refractivity contribution in [1.82, 2.24) is 14.9 Å². The average Bonchev–Trinajstić information content (AvgIpc) is 2.81. The Hall–Kier alpha value is -3.62. The number of aryl methyl sites for hydroxylation is 1. The second kappa shape index (κ2) is 9.67. The summed E-state index contributed by atoms with van der Waals surface area (Å²) in [7, 11) is 0. The molecule has 0 unspecified atom stereocenters. The molecule has 0 spiro atoms. The summed E-state index contributed by atoms with van der Waals surface area (Å²) in [5.74, 6) is 0.798.